The van der Waals surface area contributed by atoms with Gasteiger partial charge < -0.3 is 20.3 Å². The molecule has 2 aromatic carbocycles. The minimum absolute atomic E-state index is 0.146. The van der Waals surface area contributed by atoms with Crippen molar-refractivity contribution >= 4 is 35.3 Å². The number of urea groups is 1. The van der Waals surface area contributed by atoms with Gasteiger partial charge in [-0.15, -0.1) is 0 Å². The Bertz CT molecular complexity index is 1030. The number of carbonyl (C=O) groups excluding carboxylic acids is 3. The van der Waals surface area contributed by atoms with E-state index in [1.807, 2.05) is 49.4 Å². The molecule has 0 unspecified atom stereocenters. The van der Waals surface area contributed by atoms with Crippen molar-refractivity contribution in [1.29, 1.82) is 0 Å². The molecule has 0 bridgehead atoms. The van der Waals surface area contributed by atoms with Gasteiger partial charge in [0.05, 0.1) is 13.2 Å². The molecule has 2 fully saturated rings. The molecule has 8 nitrogen and oxygen atoms in total. The summed E-state index contributed by atoms with van der Waals surface area (Å²) in [7, 11) is 0. The Morgan fingerprint density at radius 2 is 1.81 bits per heavy atom. The molecule has 2 saturated heterocycles. The zero-order chi connectivity index (χ0) is 21.8. The van der Waals surface area contributed by atoms with Gasteiger partial charge in [-0.2, -0.15) is 0 Å². The number of benzene rings is 2. The van der Waals surface area contributed by atoms with Gasteiger partial charge >= 0.3 is 6.03 Å². The van der Waals surface area contributed by atoms with Crippen LogP contribution in [0.2, 0.25) is 0 Å². The average Bonchev–Trinajstić information content (AvgIpc) is 3.04. The SMILES string of the molecule is Cc1ccccc1NC(=O)CN1C(=O)N/C(=C\c2ccc(N3CCOCC3)cc2)C1=O. The third-order valence-corrected chi connectivity index (χ3v) is 5.26. The summed E-state index contributed by atoms with van der Waals surface area (Å²) in [6.07, 6.45) is 1.61. The van der Waals surface area contributed by atoms with Crippen molar-refractivity contribution < 1.29 is 19.1 Å². The quantitative estimate of drug-likeness (QED) is 0.573. The first-order valence-electron chi connectivity index (χ1n) is 10.1. The van der Waals surface area contributed by atoms with E-state index in [1.165, 1.54) is 0 Å². The van der Waals surface area contributed by atoms with Gasteiger partial charge in [0, 0.05) is 24.5 Å². The number of imide groups is 1. The number of hydrogen-bond acceptors (Lipinski definition) is 5. The summed E-state index contributed by atoms with van der Waals surface area (Å²) in [5.41, 5.74) is 3.56. The number of nitrogens with one attached hydrogen (secondary N) is 2. The lowest BCUT2D eigenvalue weighted by Crippen LogP contribution is -2.38. The molecule has 2 heterocycles. The normalized spacial score (nSPS) is 17.8. The number of hydrogen-bond donors (Lipinski definition) is 2. The summed E-state index contributed by atoms with van der Waals surface area (Å²) in [5.74, 6) is -0.962. The monoisotopic (exact) mass is 420 g/mol. The van der Waals surface area contributed by atoms with Gasteiger partial charge in [0.2, 0.25) is 5.91 Å². The van der Waals surface area contributed by atoms with E-state index in [4.69, 9.17) is 4.74 Å². The molecule has 0 spiro atoms. The summed E-state index contributed by atoms with van der Waals surface area (Å²) in [6, 6.07) is 14.4. The van der Waals surface area contributed by atoms with Gasteiger partial charge in [-0.1, -0.05) is 30.3 Å². The van der Waals surface area contributed by atoms with Gasteiger partial charge in [0.15, 0.2) is 0 Å². The lowest BCUT2D eigenvalue weighted by atomic mass is 10.1. The standard InChI is InChI=1S/C23H24N4O4/c1-16-4-2-3-5-19(16)24-21(28)15-27-22(29)20(25-23(27)30)14-17-6-8-18(9-7-17)26-10-12-31-13-11-26/h2-9,14H,10-13,15H2,1H3,(H,24,28)(H,25,30)/b20-14-. The number of carbonyl (C=O) groups is 3. The molecule has 8 heteroatoms. The number of rotatable bonds is 5. The van der Waals surface area contributed by atoms with Crippen molar-refractivity contribution in [3.63, 3.8) is 0 Å². The minimum atomic E-state index is -0.610. The van der Waals surface area contributed by atoms with Crippen LogP contribution in [0.4, 0.5) is 16.2 Å². The van der Waals surface area contributed by atoms with E-state index in [9.17, 15) is 14.4 Å². The highest BCUT2D eigenvalue weighted by Crippen LogP contribution is 2.20. The lowest BCUT2D eigenvalue weighted by molar-refractivity contribution is -0.127. The molecule has 2 aliphatic heterocycles. The number of para-hydroxylation sites is 1. The average molecular weight is 420 g/mol. The Morgan fingerprint density at radius 3 is 2.52 bits per heavy atom. The Morgan fingerprint density at radius 1 is 1.10 bits per heavy atom. The molecule has 0 aliphatic carbocycles. The van der Waals surface area contributed by atoms with Crippen LogP contribution in [0.15, 0.2) is 54.2 Å². The predicted molar refractivity (Wildman–Crippen MR) is 118 cm³/mol. The van der Waals surface area contributed by atoms with E-state index in [0.29, 0.717) is 18.9 Å². The van der Waals surface area contributed by atoms with Gasteiger partial charge in [-0.25, -0.2) is 9.69 Å². The Kier molecular flexibility index (Phi) is 5.99. The summed E-state index contributed by atoms with van der Waals surface area (Å²) >= 11 is 0. The molecule has 31 heavy (non-hydrogen) atoms. The van der Waals surface area contributed by atoms with Crippen LogP contribution in [0.5, 0.6) is 0 Å². The van der Waals surface area contributed by atoms with Gasteiger partial charge in [-0.05, 0) is 42.3 Å². The first-order chi connectivity index (χ1) is 15.0. The van der Waals surface area contributed by atoms with Crippen LogP contribution < -0.4 is 15.5 Å². The highest BCUT2D eigenvalue weighted by Gasteiger charge is 2.34. The van der Waals surface area contributed by atoms with Crippen LogP contribution in [0, 0.1) is 6.92 Å². The Balaban J connectivity index is 1.41. The largest absolute Gasteiger partial charge is 0.378 e. The fourth-order valence-electron chi connectivity index (χ4n) is 3.53. The van der Waals surface area contributed by atoms with Crippen molar-refractivity contribution in [3.8, 4) is 0 Å². The number of amides is 4. The van der Waals surface area contributed by atoms with Crippen molar-refractivity contribution in [2.75, 3.05) is 43.1 Å². The van der Waals surface area contributed by atoms with Gasteiger partial charge in [0.25, 0.3) is 5.91 Å². The molecule has 2 aromatic rings. The molecule has 0 radical (unpaired) electrons. The fraction of sp³-hybridized carbons (Fsp3) is 0.261. The maximum atomic E-state index is 12.7. The Labute approximate surface area is 180 Å². The molecule has 0 atom stereocenters. The zero-order valence-corrected chi connectivity index (χ0v) is 17.3. The molecule has 4 rings (SSSR count). The van der Waals surface area contributed by atoms with E-state index >= 15 is 0 Å². The van der Waals surface area contributed by atoms with Gasteiger partial charge in [-0.3, -0.25) is 9.59 Å². The maximum absolute atomic E-state index is 12.7. The molecule has 4 amide bonds. The van der Waals surface area contributed by atoms with Crippen LogP contribution in [0.3, 0.4) is 0 Å². The molecule has 2 aliphatic rings. The second-order valence-corrected chi connectivity index (χ2v) is 7.43. The van der Waals surface area contributed by atoms with E-state index in [0.717, 1.165) is 34.8 Å². The summed E-state index contributed by atoms with van der Waals surface area (Å²) in [4.78, 5) is 40.4. The summed E-state index contributed by atoms with van der Waals surface area (Å²) in [5, 5.41) is 5.29. The molecule has 0 saturated carbocycles. The summed E-state index contributed by atoms with van der Waals surface area (Å²) < 4.78 is 5.37. The number of ether oxygens (including phenoxy) is 1. The van der Waals surface area contributed by atoms with Crippen LogP contribution >= 0.6 is 0 Å². The van der Waals surface area contributed by atoms with Crippen LogP contribution in [0.1, 0.15) is 11.1 Å². The highest BCUT2D eigenvalue weighted by molar-refractivity contribution is 6.16. The van der Waals surface area contributed by atoms with Crippen LogP contribution in [-0.4, -0.2) is 55.6 Å². The number of aryl methyl sites for hydroxylation is 1. The fourth-order valence-corrected chi connectivity index (χ4v) is 3.53. The molecular weight excluding hydrogens is 396 g/mol. The van der Waals surface area contributed by atoms with Crippen molar-refractivity contribution in [2.24, 2.45) is 0 Å². The summed E-state index contributed by atoms with van der Waals surface area (Å²) in [6.45, 7) is 4.61. The van der Waals surface area contributed by atoms with E-state index in [2.05, 4.69) is 15.5 Å². The van der Waals surface area contributed by atoms with E-state index in [-0.39, 0.29) is 12.2 Å². The van der Waals surface area contributed by atoms with Gasteiger partial charge in [0.1, 0.15) is 12.2 Å². The van der Waals surface area contributed by atoms with Crippen molar-refractivity contribution in [2.45, 2.75) is 6.92 Å². The van der Waals surface area contributed by atoms with E-state index < -0.39 is 17.8 Å². The lowest BCUT2D eigenvalue weighted by Gasteiger charge is -2.28. The zero-order valence-electron chi connectivity index (χ0n) is 17.3. The van der Waals surface area contributed by atoms with Crippen LogP contribution in [0.25, 0.3) is 6.08 Å². The second kappa shape index (κ2) is 9.01. The number of anilines is 2. The number of nitrogens with zero attached hydrogens (tertiary/aromatic N) is 2. The molecule has 0 aromatic heterocycles. The molecule has 2 N–H and O–H groups in total. The van der Waals surface area contributed by atoms with E-state index in [1.54, 1.807) is 12.1 Å². The Hall–Kier alpha value is -3.65. The first-order valence-corrected chi connectivity index (χ1v) is 10.1. The third-order valence-electron chi connectivity index (χ3n) is 5.26. The first kappa shape index (κ1) is 20.6. The maximum Gasteiger partial charge on any atom is 0.329 e. The van der Waals surface area contributed by atoms with Crippen LogP contribution in [-0.2, 0) is 14.3 Å². The minimum Gasteiger partial charge on any atom is -0.378 e. The smallest absolute Gasteiger partial charge is 0.329 e. The molecule has 160 valence electrons. The highest BCUT2D eigenvalue weighted by atomic mass is 16.5. The topological polar surface area (TPSA) is 91.0 Å². The van der Waals surface area contributed by atoms with Crippen molar-refractivity contribution in [1.82, 2.24) is 10.2 Å². The third kappa shape index (κ3) is 4.75. The van der Waals surface area contributed by atoms with Crippen molar-refractivity contribution in [3.05, 3.63) is 65.4 Å². The molecular formula is C23H24N4O4. The number of morpholine rings is 1. The predicted octanol–water partition coefficient (Wildman–Crippen LogP) is 2.36. The second-order valence-electron chi connectivity index (χ2n) is 7.43.